The normalized spacial score (nSPS) is 12.8. The molecule has 0 bridgehead atoms. The maximum absolute atomic E-state index is 12.4. The van der Waals surface area contributed by atoms with Gasteiger partial charge in [0.15, 0.2) is 5.41 Å². The lowest BCUT2D eigenvalue weighted by molar-refractivity contribution is -0.174. The quantitative estimate of drug-likeness (QED) is 0.302. The molecule has 0 aliphatic carbocycles. The Morgan fingerprint density at radius 1 is 0.909 bits per heavy atom. The van der Waals surface area contributed by atoms with E-state index in [1.807, 2.05) is 13.8 Å². The van der Waals surface area contributed by atoms with E-state index in [1.165, 1.54) is 0 Å². The number of carbonyl (C=O) groups is 2. The van der Waals surface area contributed by atoms with E-state index in [0.29, 0.717) is 32.0 Å². The third-order valence-electron chi connectivity index (χ3n) is 4.25. The van der Waals surface area contributed by atoms with Crippen LogP contribution in [-0.4, -0.2) is 25.2 Å². The maximum atomic E-state index is 12.4. The number of ether oxygens (including phenoxy) is 2. The Kier molecular flexibility index (Phi) is 10.9. The van der Waals surface area contributed by atoms with Crippen molar-refractivity contribution >= 4 is 11.9 Å². The van der Waals surface area contributed by atoms with Crippen molar-refractivity contribution in [1.29, 1.82) is 0 Å². The number of carbonyl (C=O) groups excluding carboxylic acids is 2. The highest BCUT2D eigenvalue weighted by Crippen LogP contribution is 2.30. The van der Waals surface area contributed by atoms with Crippen molar-refractivity contribution in [1.82, 2.24) is 0 Å². The van der Waals surface area contributed by atoms with E-state index < -0.39 is 17.4 Å². The maximum Gasteiger partial charge on any atom is 0.323 e. The summed E-state index contributed by atoms with van der Waals surface area (Å²) in [6.07, 6.45) is 5.84. The molecule has 0 radical (unpaired) electrons. The van der Waals surface area contributed by atoms with E-state index in [4.69, 9.17) is 9.47 Å². The van der Waals surface area contributed by atoms with Crippen molar-refractivity contribution in [2.45, 2.75) is 79.6 Å². The Labute approximate surface area is 135 Å². The van der Waals surface area contributed by atoms with Crippen molar-refractivity contribution in [3.63, 3.8) is 0 Å². The molecule has 0 heterocycles. The molecule has 0 aromatic rings. The molecule has 0 fully saturated rings. The predicted molar refractivity (Wildman–Crippen MR) is 88.5 cm³/mol. The van der Waals surface area contributed by atoms with E-state index in [9.17, 15) is 9.59 Å². The second-order valence-corrected chi connectivity index (χ2v) is 6.12. The van der Waals surface area contributed by atoms with E-state index in [0.717, 1.165) is 32.1 Å². The highest BCUT2D eigenvalue weighted by molar-refractivity contribution is 5.99. The summed E-state index contributed by atoms with van der Waals surface area (Å²) in [5.74, 6) is -0.538. The van der Waals surface area contributed by atoms with Crippen LogP contribution in [0.1, 0.15) is 79.6 Å². The first-order valence-corrected chi connectivity index (χ1v) is 8.82. The number of unbranched alkanes of at least 4 members (excludes halogenated alkanes) is 2. The third-order valence-corrected chi connectivity index (χ3v) is 4.25. The lowest BCUT2D eigenvalue weighted by Crippen LogP contribution is -2.41. The standard InChI is InChI=1S/C18H34O4/c1-6-10-11-13-21-16(19)18(8-3,9-4)17(20)22-14-15(5)12-7-2/h15H,6-14H2,1-5H3. The monoisotopic (exact) mass is 314 g/mol. The molecule has 22 heavy (non-hydrogen) atoms. The van der Waals surface area contributed by atoms with Crippen molar-refractivity contribution < 1.29 is 19.1 Å². The zero-order valence-corrected chi connectivity index (χ0v) is 15.1. The minimum Gasteiger partial charge on any atom is -0.465 e. The molecule has 1 unspecified atom stereocenters. The van der Waals surface area contributed by atoms with E-state index in [-0.39, 0.29) is 0 Å². The third kappa shape index (κ3) is 6.37. The number of hydrogen-bond donors (Lipinski definition) is 0. The summed E-state index contributed by atoms with van der Waals surface area (Å²) >= 11 is 0. The molecular weight excluding hydrogens is 280 g/mol. The molecule has 0 saturated heterocycles. The summed E-state index contributed by atoms with van der Waals surface area (Å²) < 4.78 is 10.7. The van der Waals surface area contributed by atoms with Crippen molar-refractivity contribution in [3.05, 3.63) is 0 Å². The van der Waals surface area contributed by atoms with Crippen LogP contribution in [0.2, 0.25) is 0 Å². The van der Waals surface area contributed by atoms with E-state index >= 15 is 0 Å². The van der Waals surface area contributed by atoms with Gasteiger partial charge in [0.05, 0.1) is 13.2 Å². The summed E-state index contributed by atoms with van der Waals surface area (Å²) in [7, 11) is 0. The molecule has 1 atom stereocenters. The minimum atomic E-state index is -1.14. The van der Waals surface area contributed by atoms with Gasteiger partial charge in [0.25, 0.3) is 0 Å². The van der Waals surface area contributed by atoms with Crippen LogP contribution in [0, 0.1) is 11.3 Å². The lowest BCUT2D eigenvalue weighted by atomic mass is 9.82. The number of rotatable bonds is 12. The Balaban J connectivity index is 4.63. The molecule has 0 spiro atoms. The molecule has 0 saturated carbocycles. The van der Waals surface area contributed by atoms with Gasteiger partial charge in [0, 0.05) is 0 Å². The van der Waals surface area contributed by atoms with Gasteiger partial charge in [-0.05, 0) is 31.6 Å². The summed E-state index contributed by atoms with van der Waals surface area (Å²) in [5.41, 5.74) is -1.14. The number of esters is 2. The van der Waals surface area contributed by atoms with Gasteiger partial charge in [-0.3, -0.25) is 9.59 Å². The Morgan fingerprint density at radius 3 is 2.00 bits per heavy atom. The summed E-state index contributed by atoms with van der Waals surface area (Å²) in [5, 5.41) is 0. The Bertz CT molecular complexity index is 321. The van der Waals surface area contributed by atoms with Crippen LogP contribution in [0.5, 0.6) is 0 Å². The van der Waals surface area contributed by atoms with E-state index in [2.05, 4.69) is 20.8 Å². The van der Waals surface area contributed by atoms with Gasteiger partial charge in [0.2, 0.25) is 0 Å². The van der Waals surface area contributed by atoms with Gasteiger partial charge >= 0.3 is 11.9 Å². The van der Waals surface area contributed by atoms with Gasteiger partial charge in [0.1, 0.15) is 0 Å². The van der Waals surface area contributed by atoms with Crippen LogP contribution < -0.4 is 0 Å². The molecule has 4 heteroatoms. The van der Waals surface area contributed by atoms with Crippen molar-refractivity contribution in [3.8, 4) is 0 Å². The van der Waals surface area contributed by atoms with Crippen LogP contribution in [0.15, 0.2) is 0 Å². The Hall–Kier alpha value is -1.06. The van der Waals surface area contributed by atoms with Crippen LogP contribution >= 0.6 is 0 Å². The molecule has 0 rings (SSSR count). The molecule has 0 aromatic heterocycles. The summed E-state index contributed by atoms with van der Waals surface area (Å²) in [6, 6.07) is 0. The van der Waals surface area contributed by atoms with Crippen LogP contribution in [0.3, 0.4) is 0 Å². The van der Waals surface area contributed by atoms with Gasteiger partial charge < -0.3 is 9.47 Å². The van der Waals surface area contributed by atoms with Gasteiger partial charge in [-0.1, -0.05) is 53.9 Å². The van der Waals surface area contributed by atoms with Crippen molar-refractivity contribution in [2.75, 3.05) is 13.2 Å². The molecule has 4 nitrogen and oxygen atoms in total. The molecule has 130 valence electrons. The van der Waals surface area contributed by atoms with Crippen LogP contribution in [0.25, 0.3) is 0 Å². The highest BCUT2D eigenvalue weighted by atomic mass is 16.6. The average Bonchev–Trinajstić information content (AvgIpc) is 2.51. The SMILES string of the molecule is CCCCCOC(=O)C(CC)(CC)C(=O)OCC(C)CCC. The fourth-order valence-corrected chi connectivity index (χ4v) is 2.50. The first-order chi connectivity index (χ1) is 10.5. The fourth-order valence-electron chi connectivity index (χ4n) is 2.50. The summed E-state index contributed by atoms with van der Waals surface area (Å²) in [6.45, 7) is 10.7. The largest absolute Gasteiger partial charge is 0.465 e. The smallest absolute Gasteiger partial charge is 0.323 e. The van der Waals surface area contributed by atoms with Crippen LogP contribution in [-0.2, 0) is 19.1 Å². The number of hydrogen-bond acceptors (Lipinski definition) is 4. The second kappa shape index (κ2) is 11.5. The predicted octanol–water partition coefficient (Wildman–Crippen LogP) is 4.51. The second-order valence-electron chi connectivity index (χ2n) is 6.12. The highest BCUT2D eigenvalue weighted by Gasteiger charge is 2.45. The Morgan fingerprint density at radius 2 is 1.50 bits per heavy atom. The molecule has 0 amide bonds. The lowest BCUT2D eigenvalue weighted by Gasteiger charge is -2.27. The van der Waals surface area contributed by atoms with Crippen LogP contribution in [0.4, 0.5) is 0 Å². The molecule has 0 aliphatic heterocycles. The molecule has 0 N–H and O–H groups in total. The van der Waals surface area contributed by atoms with E-state index in [1.54, 1.807) is 0 Å². The minimum absolute atomic E-state index is 0.320. The topological polar surface area (TPSA) is 52.6 Å². The zero-order valence-electron chi connectivity index (χ0n) is 15.1. The molecular formula is C18H34O4. The van der Waals surface area contributed by atoms with Gasteiger partial charge in [-0.2, -0.15) is 0 Å². The molecule has 0 aliphatic rings. The van der Waals surface area contributed by atoms with Gasteiger partial charge in [-0.15, -0.1) is 0 Å². The van der Waals surface area contributed by atoms with Crippen molar-refractivity contribution in [2.24, 2.45) is 11.3 Å². The zero-order chi connectivity index (χ0) is 17.0. The fraction of sp³-hybridized carbons (Fsp3) is 0.889. The van der Waals surface area contributed by atoms with Gasteiger partial charge in [-0.25, -0.2) is 0 Å². The first kappa shape index (κ1) is 20.9. The first-order valence-electron chi connectivity index (χ1n) is 8.82. The average molecular weight is 314 g/mol. The molecule has 0 aromatic carbocycles. The summed E-state index contributed by atoms with van der Waals surface area (Å²) in [4.78, 5) is 24.8.